The second kappa shape index (κ2) is 6.09. The van der Waals surface area contributed by atoms with Crippen LogP contribution in [-0.2, 0) is 16.0 Å². The van der Waals surface area contributed by atoms with E-state index in [9.17, 15) is 9.59 Å². The van der Waals surface area contributed by atoms with Crippen LogP contribution in [0.3, 0.4) is 0 Å². The zero-order valence-corrected chi connectivity index (χ0v) is 14.8. The van der Waals surface area contributed by atoms with Gasteiger partial charge in [0.2, 0.25) is 11.8 Å². The molecule has 5 heteroatoms. The second-order valence-electron chi connectivity index (χ2n) is 6.45. The fraction of sp³-hybridized carbons (Fsp3) is 0.500. The lowest BCUT2D eigenvalue weighted by Crippen LogP contribution is -2.45. The Morgan fingerprint density at radius 3 is 2.67 bits per heavy atom. The molecule has 1 aromatic rings. The number of amides is 2. The highest BCUT2D eigenvalue weighted by molar-refractivity contribution is 9.10. The summed E-state index contributed by atoms with van der Waals surface area (Å²) < 4.78 is 0.918. The average Bonchev–Trinajstić information content (AvgIpc) is 2.72. The molecule has 1 saturated heterocycles. The van der Waals surface area contributed by atoms with Crippen molar-refractivity contribution in [1.82, 2.24) is 4.90 Å². The number of carbonyl (C=O) groups excluding carboxylic acids is 2. The van der Waals surface area contributed by atoms with Gasteiger partial charge in [-0.3, -0.25) is 14.5 Å². The first kappa shape index (κ1) is 16.5. The quantitative estimate of drug-likeness (QED) is 0.780. The van der Waals surface area contributed by atoms with Crippen LogP contribution in [0.15, 0.2) is 22.7 Å². The predicted octanol–water partition coefficient (Wildman–Crippen LogP) is 4.21. The number of imide groups is 1. The van der Waals surface area contributed by atoms with E-state index < -0.39 is 5.41 Å². The van der Waals surface area contributed by atoms with E-state index in [0.29, 0.717) is 24.3 Å². The van der Waals surface area contributed by atoms with Crippen LogP contribution in [0.2, 0.25) is 5.02 Å². The molecule has 3 nitrogen and oxygen atoms in total. The van der Waals surface area contributed by atoms with Gasteiger partial charge in [0.1, 0.15) is 0 Å². The summed E-state index contributed by atoms with van der Waals surface area (Å²) in [6.45, 7) is 5.51. The Balaban J connectivity index is 2.22. The Bertz CT molecular complexity index is 580. The van der Waals surface area contributed by atoms with Crippen LogP contribution in [0.25, 0.3) is 0 Å². The summed E-state index contributed by atoms with van der Waals surface area (Å²) in [5, 5.41) is 0.659. The van der Waals surface area contributed by atoms with Crippen LogP contribution in [0.1, 0.15) is 39.2 Å². The molecule has 1 atom stereocenters. The van der Waals surface area contributed by atoms with Gasteiger partial charge in [0, 0.05) is 27.4 Å². The molecule has 0 radical (unpaired) electrons. The van der Waals surface area contributed by atoms with Crippen molar-refractivity contribution in [2.24, 2.45) is 5.41 Å². The summed E-state index contributed by atoms with van der Waals surface area (Å²) in [5.41, 5.74) is 0.410. The zero-order chi connectivity index (χ0) is 15.8. The van der Waals surface area contributed by atoms with Crippen LogP contribution in [-0.4, -0.2) is 22.8 Å². The summed E-state index contributed by atoms with van der Waals surface area (Å²) in [6, 6.07) is 5.61. The molecular weight excluding hydrogens is 354 g/mol. The van der Waals surface area contributed by atoms with E-state index in [1.54, 1.807) is 0 Å². The third kappa shape index (κ3) is 3.67. The van der Waals surface area contributed by atoms with Crippen molar-refractivity contribution in [3.63, 3.8) is 0 Å². The van der Waals surface area contributed by atoms with Crippen molar-refractivity contribution in [3.05, 3.63) is 33.3 Å². The molecule has 2 rings (SSSR count). The van der Waals surface area contributed by atoms with Crippen LogP contribution >= 0.6 is 27.5 Å². The number of halogens is 2. The van der Waals surface area contributed by atoms with E-state index >= 15 is 0 Å². The van der Waals surface area contributed by atoms with Crippen LogP contribution < -0.4 is 0 Å². The second-order valence-corrected chi connectivity index (χ2v) is 7.77. The van der Waals surface area contributed by atoms with E-state index in [1.807, 2.05) is 39.0 Å². The van der Waals surface area contributed by atoms with Crippen molar-refractivity contribution in [1.29, 1.82) is 0 Å². The lowest BCUT2D eigenvalue weighted by atomic mass is 9.93. The molecule has 114 valence electrons. The molecule has 1 aliphatic rings. The molecule has 0 saturated carbocycles. The first-order valence-electron chi connectivity index (χ1n) is 7.00. The Morgan fingerprint density at radius 2 is 2.10 bits per heavy atom. The van der Waals surface area contributed by atoms with E-state index in [4.69, 9.17) is 11.6 Å². The summed E-state index contributed by atoms with van der Waals surface area (Å²) in [6.07, 6.45) is 1.74. The van der Waals surface area contributed by atoms with Crippen LogP contribution in [0.5, 0.6) is 0 Å². The standard InChI is InChI=1S/C16H19BrClNO2/c1-16(2,3)15(21)19-12(6-7-14(19)20)8-10-4-5-11(17)9-13(10)18/h4-5,9,12H,6-8H2,1-3H3/t12-/m0/s1. The van der Waals surface area contributed by atoms with E-state index in [-0.39, 0.29) is 17.9 Å². The third-order valence-electron chi connectivity index (χ3n) is 3.66. The molecule has 21 heavy (non-hydrogen) atoms. The summed E-state index contributed by atoms with van der Waals surface area (Å²) in [4.78, 5) is 26.0. The number of likely N-dealkylation sites (tertiary alicyclic amines) is 1. The van der Waals surface area contributed by atoms with Gasteiger partial charge in [-0.25, -0.2) is 0 Å². The Kier molecular flexibility index (Phi) is 4.79. The van der Waals surface area contributed by atoms with Crippen molar-refractivity contribution < 1.29 is 9.59 Å². The normalized spacial score (nSPS) is 19.2. The smallest absolute Gasteiger partial charge is 0.234 e. The minimum absolute atomic E-state index is 0.0758. The van der Waals surface area contributed by atoms with Gasteiger partial charge in [0.25, 0.3) is 0 Å². The highest BCUT2D eigenvalue weighted by Gasteiger charge is 2.40. The molecule has 2 amide bonds. The van der Waals surface area contributed by atoms with E-state index in [1.165, 1.54) is 4.90 Å². The lowest BCUT2D eigenvalue weighted by Gasteiger charge is -2.29. The molecule has 1 aromatic carbocycles. The lowest BCUT2D eigenvalue weighted by molar-refractivity contribution is -0.149. The molecule has 0 aromatic heterocycles. The van der Waals surface area contributed by atoms with Gasteiger partial charge in [0.05, 0.1) is 0 Å². The summed E-state index contributed by atoms with van der Waals surface area (Å²) in [5.74, 6) is -0.184. The summed E-state index contributed by atoms with van der Waals surface area (Å²) >= 11 is 9.62. The largest absolute Gasteiger partial charge is 0.279 e. The number of hydrogen-bond acceptors (Lipinski definition) is 2. The number of benzene rings is 1. The van der Waals surface area contributed by atoms with Gasteiger partial charge in [-0.1, -0.05) is 54.4 Å². The monoisotopic (exact) mass is 371 g/mol. The molecule has 1 fully saturated rings. The molecule has 1 aliphatic heterocycles. The van der Waals surface area contributed by atoms with Crippen LogP contribution in [0, 0.1) is 5.41 Å². The molecular formula is C16H19BrClNO2. The highest BCUT2D eigenvalue weighted by Crippen LogP contribution is 2.30. The maximum Gasteiger partial charge on any atom is 0.234 e. The van der Waals surface area contributed by atoms with Gasteiger partial charge in [-0.05, 0) is 30.5 Å². The van der Waals surface area contributed by atoms with Crippen molar-refractivity contribution in [2.75, 3.05) is 0 Å². The highest BCUT2D eigenvalue weighted by atomic mass is 79.9. The van der Waals surface area contributed by atoms with Gasteiger partial charge in [-0.2, -0.15) is 0 Å². The summed E-state index contributed by atoms with van der Waals surface area (Å²) in [7, 11) is 0. The topological polar surface area (TPSA) is 37.4 Å². The van der Waals surface area contributed by atoms with Crippen molar-refractivity contribution in [3.8, 4) is 0 Å². The fourth-order valence-corrected chi connectivity index (χ4v) is 3.27. The van der Waals surface area contributed by atoms with Gasteiger partial charge >= 0.3 is 0 Å². The average molecular weight is 373 g/mol. The van der Waals surface area contributed by atoms with E-state index in [2.05, 4.69) is 15.9 Å². The van der Waals surface area contributed by atoms with Crippen molar-refractivity contribution in [2.45, 2.75) is 46.1 Å². The SMILES string of the molecule is CC(C)(C)C(=O)N1C(=O)CC[C@H]1Cc1ccc(Br)cc1Cl. The molecule has 1 heterocycles. The predicted molar refractivity (Wildman–Crippen MR) is 87.2 cm³/mol. The Labute approximate surface area is 138 Å². The maximum absolute atomic E-state index is 12.5. The number of carbonyl (C=O) groups is 2. The van der Waals surface area contributed by atoms with Gasteiger partial charge < -0.3 is 0 Å². The molecule has 0 unspecified atom stereocenters. The van der Waals surface area contributed by atoms with Crippen LogP contribution in [0.4, 0.5) is 0 Å². The minimum atomic E-state index is -0.554. The first-order chi connectivity index (χ1) is 9.70. The maximum atomic E-state index is 12.5. The van der Waals surface area contributed by atoms with Gasteiger partial charge in [0.15, 0.2) is 0 Å². The first-order valence-corrected chi connectivity index (χ1v) is 8.17. The van der Waals surface area contributed by atoms with Gasteiger partial charge in [-0.15, -0.1) is 0 Å². The molecule has 0 aliphatic carbocycles. The van der Waals surface area contributed by atoms with Crippen molar-refractivity contribution >= 4 is 39.3 Å². The molecule has 0 N–H and O–H groups in total. The molecule has 0 bridgehead atoms. The fourth-order valence-electron chi connectivity index (χ4n) is 2.52. The number of hydrogen-bond donors (Lipinski definition) is 0. The molecule has 0 spiro atoms. The Morgan fingerprint density at radius 1 is 1.43 bits per heavy atom. The minimum Gasteiger partial charge on any atom is -0.279 e. The zero-order valence-electron chi connectivity index (χ0n) is 12.5. The number of rotatable bonds is 2. The third-order valence-corrected chi connectivity index (χ3v) is 4.50. The number of nitrogens with zero attached hydrogens (tertiary/aromatic N) is 1. The Hall–Kier alpha value is -0.870. The van der Waals surface area contributed by atoms with E-state index in [0.717, 1.165) is 10.0 Å².